The lowest BCUT2D eigenvalue weighted by Crippen LogP contribution is -2.24. The third kappa shape index (κ3) is 8.65. The standard InChI is InChI=1S/C20H33ClO5/c1-20(26,11-6-7-13-21)12-10-16-15(17(22)14-18(16)23)8-4-2-3-5-9-19(24)25/h10,12,15-16,18,23,26H,2-9,11,13-14H2,1H3,(H,24,25)/t15-,16-,18-,20?/m1/s1. The number of carboxylic acid groups (broad SMARTS) is 1. The zero-order chi connectivity index (χ0) is 19.6. The van der Waals surface area contributed by atoms with Gasteiger partial charge in [-0.25, -0.2) is 0 Å². The summed E-state index contributed by atoms with van der Waals surface area (Å²) in [6.45, 7) is 1.73. The van der Waals surface area contributed by atoms with Crippen molar-refractivity contribution in [3.8, 4) is 0 Å². The fourth-order valence-corrected chi connectivity index (χ4v) is 3.75. The highest BCUT2D eigenvalue weighted by Gasteiger charge is 2.39. The van der Waals surface area contributed by atoms with E-state index in [-0.39, 0.29) is 30.5 Å². The van der Waals surface area contributed by atoms with Gasteiger partial charge >= 0.3 is 5.97 Å². The SMILES string of the molecule is CC(O)(C=C[C@H]1[C@H](O)CC(=O)[C@@H]1CCCCCCC(=O)O)CCCCCl. The molecule has 4 atom stereocenters. The molecule has 0 bridgehead atoms. The topological polar surface area (TPSA) is 94.8 Å². The fraction of sp³-hybridized carbons (Fsp3) is 0.800. The van der Waals surface area contributed by atoms with E-state index in [1.165, 1.54) is 0 Å². The van der Waals surface area contributed by atoms with Gasteiger partial charge in [0.05, 0.1) is 11.7 Å². The maximum Gasteiger partial charge on any atom is 0.303 e. The molecule has 1 saturated carbocycles. The number of alkyl halides is 1. The average Bonchev–Trinajstić information content (AvgIpc) is 2.82. The number of halogens is 1. The molecule has 150 valence electrons. The second-order valence-corrected chi connectivity index (χ2v) is 8.01. The van der Waals surface area contributed by atoms with Crippen LogP contribution in [0.2, 0.25) is 0 Å². The molecule has 0 radical (unpaired) electrons. The van der Waals surface area contributed by atoms with Crippen LogP contribution in [0.4, 0.5) is 0 Å². The molecule has 1 fully saturated rings. The van der Waals surface area contributed by atoms with Crippen molar-refractivity contribution in [2.24, 2.45) is 11.8 Å². The molecule has 0 aromatic heterocycles. The lowest BCUT2D eigenvalue weighted by molar-refractivity contribution is -0.137. The first-order valence-electron chi connectivity index (χ1n) is 9.67. The molecule has 0 amide bonds. The molecule has 0 spiro atoms. The molecule has 1 unspecified atom stereocenters. The molecule has 26 heavy (non-hydrogen) atoms. The van der Waals surface area contributed by atoms with E-state index in [9.17, 15) is 19.8 Å². The first-order valence-corrected chi connectivity index (χ1v) is 10.2. The third-order valence-corrected chi connectivity index (χ3v) is 5.40. The number of carbonyl (C=O) groups excluding carboxylic acids is 1. The van der Waals surface area contributed by atoms with E-state index < -0.39 is 17.7 Å². The lowest BCUT2D eigenvalue weighted by Gasteiger charge is -2.22. The number of Topliss-reactive ketones (excluding diaryl/α,β-unsaturated/α-hetero) is 1. The minimum absolute atomic E-state index is 0.0828. The molecule has 0 saturated heterocycles. The van der Waals surface area contributed by atoms with Crippen LogP contribution in [0.25, 0.3) is 0 Å². The van der Waals surface area contributed by atoms with Crippen LogP contribution in [0.3, 0.4) is 0 Å². The Kier molecular flexibility index (Phi) is 10.4. The van der Waals surface area contributed by atoms with Crippen molar-refractivity contribution < 1.29 is 24.9 Å². The van der Waals surface area contributed by atoms with Crippen LogP contribution in [0, 0.1) is 11.8 Å². The van der Waals surface area contributed by atoms with Crippen molar-refractivity contribution in [1.82, 2.24) is 0 Å². The van der Waals surface area contributed by atoms with Crippen LogP contribution in [0.5, 0.6) is 0 Å². The molecular formula is C20H33ClO5. The molecule has 5 nitrogen and oxygen atoms in total. The van der Waals surface area contributed by atoms with Crippen LogP contribution < -0.4 is 0 Å². The predicted octanol–water partition coefficient (Wildman–Crippen LogP) is 3.69. The number of hydrogen-bond acceptors (Lipinski definition) is 4. The van der Waals surface area contributed by atoms with E-state index in [2.05, 4.69) is 0 Å². The summed E-state index contributed by atoms with van der Waals surface area (Å²) in [5.74, 6) is -0.577. The predicted molar refractivity (Wildman–Crippen MR) is 102 cm³/mol. The van der Waals surface area contributed by atoms with Gasteiger partial charge in [-0.15, -0.1) is 11.6 Å². The van der Waals surface area contributed by atoms with Crippen LogP contribution in [0.15, 0.2) is 12.2 Å². The van der Waals surface area contributed by atoms with E-state index >= 15 is 0 Å². The molecule has 0 aromatic rings. The minimum Gasteiger partial charge on any atom is -0.481 e. The molecule has 6 heteroatoms. The molecule has 1 rings (SSSR count). The molecule has 3 N–H and O–H groups in total. The highest BCUT2D eigenvalue weighted by molar-refractivity contribution is 6.17. The van der Waals surface area contributed by atoms with Crippen LogP contribution in [-0.4, -0.2) is 44.7 Å². The fourth-order valence-electron chi connectivity index (χ4n) is 3.57. The number of aliphatic carboxylic acids is 1. The Balaban J connectivity index is 2.49. The summed E-state index contributed by atoms with van der Waals surface area (Å²) < 4.78 is 0. The third-order valence-electron chi connectivity index (χ3n) is 5.13. The Morgan fingerprint density at radius 3 is 2.58 bits per heavy atom. The number of rotatable bonds is 13. The largest absolute Gasteiger partial charge is 0.481 e. The van der Waals surface area contributed by atoms with Gasteiger partial charge < -0.3 is 15.3 Å². The van der Waals surface area contributed by atoms with Crippen molar-refractivity contribution in [1.29, 1.82) is 0 Å². The first kappa shape index (κ1) is 23.1. The highest BCUT2D eigenvalue weighted by atomic mass is 35.5. The van der Waals surface area contributed by atoms with Crippen molar-refractivity contribution in [3.05, 3.63) is 12.2 Å². The Bertz CT molecular complexity index is 475. The number of aliphatic hydroxyl groups is 2. The number of unbranched alkanes of at least 4 members (excludes halogenated alkanes) is 4. The van der Waals surface area contributed by atoms with E-state index in [1.54, 1.807) is 13.0 Å². The summed E-state index contributed by atoms with van der Waals surface area (Å²) in [6.07, 6.45) is 9.41. The van der Waals surface area contributed by atoms with E-state index in [0.717, 1.165) is 32.1 Å². The van der Waals surface area contributed by atoms with Crippen molar-refractivity contribution in [3.63, 3.8) is 0 Å². The number of carboxylic acids is 1. The van der Waals surface area contributed by atoms with Gasteiger partial charge in [0, 0.05) is 30.6 Å². The number of ketones is 1. The van der Waals surface area contributed by atoms with Gasteiger partial charge in [0.2, 0.25) is 0 Å². The zero-order valence-electron chi connectivity index (χ0n) is 15.7. The van der Waals surface area contributed by atoms with Crippen molar-refractivity contribution in [2.75, 3.05) is 5.88 Å². The monoisotopic (exact) mass is 388 g/mol. The average molecular weight is 389 g/mol. The van der Waals surface area contributed by atoms with Gasteiger partial charge in [0.25, 0.3) is 0 Å². The summed E-state index contributed by atoms with van der Waals surface area (Å²) in [5, 5.41) is 29.2. The summed E-state index contributed by atoms with van der Waals surface area (Å²) in [7, 11) is 0. The molecule has 0 aliphatic heterocycles. The molecule has 1 aliphatic rings. The van der Waals surface area contributed by atoms with Gasteiger partial charge in [0.1, 0.15) is 5.78 Å². The number of hydrogen-bond donors (Lipinski definition) is 3. The highest BCUT2D eigenvalue weighted by Crippen LogP contribution is 2.35. The normalized spacial score (nSPS) is 25.7. The van der Waals surface area contributed by atoms with E-state index in [1.807, 2.05) is 6.08 Å². The van der Waals surface area contributed by atoms with Gasteiger partial charge in [-0.1, -0.05) is 31.4 Å². The zero-order valence-corrected chi connectivity index (χ0v) is 16.5. The minimum atomic E-state index is -0.960. The lowest BCUT2D eigenvalue weighted by atomic mass is 9.87. The molecule has 0 aromatic carbocycles. The number of carbonyl (C=O) groups is 2. The van der Waals surface area contributed by atoms with Crippen molar-refractivity contribution in [2.45, 2.75) is 82.8 Å². The summed E-state index contributed by atoms with van der Waals surface area (Å²) in [5.41, 5.74) is -0.960. The maximum absolute atomic E-state index is 12.2. The second kappa shape index (κ2) is 11.7. The Hall–Kier alpha value is -0.910. The molecule has 0 heterocycles. The first-order chi connectivity index (χ1) is 12.3. The van der Waals surface area contributed by atoms with Gasteiger partial charge in [-0.3, -0.25) is 9.59 Å². The van der Waals surface area contributed by atoms with Crippen LogP contribution in [0.1, 0.15) is 71.1 Å². The van der Waals surface area contributed by atoms with Gasteiger partial charge in [0.15, 0.2) is 0 Å². The van der Waals surface area contributed by atoms with Gasteiger partial charge in [-0.05, 0) is 39.0 Å². The smallest absolute Gasteiger partial charge is 0.303 e. The van der Waals surface area contributed by atoms with E-state index in [0.29, 0.717) is 25.1 Å². The van der Waals surface area contributed by atoms with Crippen LogP contribution in [-0.2, 0) is 9.59 Å². The second-order valence-electron chi connectivity index (χ2n) is 7.63. The molecule has 1 aliphatic carbocycles. The van der Waals surface area contributed by atoms with Gasteiger partial charge in [-0.2, -0.15) is 0 Å². The summed E-state index contributed by atoms with van der Waals surface area (Å²) >= 11 is 5.66. The molecular weight excluding hydrogens is 356 g/mol. The van der Waals surface area contributed by atoms with E-state index in [4.69, 9.17) is 16.7 Å². The summed E-state index contributed by atoms with van der Waals surface area (Å²) in [6, 6.07) is 0. The number of aliphatic hydroxyl groups excluding tert-OH is 1. The Morgan fingerprint density at radius 1 is 1.23 bits per heavy atom. The Labute approximate surface area is 161 Å². The Morgan fingerprint density at radius 2 is 1.92 bits per heavy atom. The summed E-state index contributed by atoms with van der Waals surface area (Å²) in [4.78, 5) is 22.7. The quantitative estimate of drug-likeness (QED) is 0.254. The van der Waals surface area contributed by atoms with Crippen LogP contribution >= 0.6 is 11.6 Å². The maximum atomic E-state index is 12.2. The van der Waals surface area contributed by atoms with Crippen molar-refractivity contribution >= 4 is 23.4 Å².